The van der Waals surface area contributed by atoms with Gasteiger partial charge in [-0.1, -0.05) is 42.5 Å². The van der Waals surface area contributed by atoms with Crippen LogP contribution in [0.25, 0.3) is 21.9 Å². The lowest BCUT2D eigenvalue weighted by atomic mass is 10.1. The van der Waals surface area contributed by atoms with Crippen molar-refractivity contribution in [3.05, 3.63) is 77.9 Å². The first-order valence-electron chi connectivity index (χ1n) is 10.4. The summed E-state index contributed by atoms with van der Waals surface area (Å²) >= 11 is 0. The number of nitrogens with zero attached hydrogens (tertiary/aromatic N) is 1. The first kappa shape index (κ1) is 20.7. The van der Waals surface area contributed by atoms with Crippen LogP contribution in [-0.2, 0) is 27.9 Å². The molecule has 0 aliphatic carbocycles. The third-order valence-corrected chi connectivity index (χ3v) is 7.31. The van der Waals surface area contributed by atoms with Gasteiger partial charge in [0.1, 0.15) is 11.2 Å². The number of fused-ring (bicyclic) bond motifs is 3. The lowest BCUT2D eigenvalue weighted by molar-refractivity contribution is -0.128. The van der Waals surface area contributed by atoms with Gasteiger partial charge < -0.3 is 15.1 Å². The van der Waals surface area contributed by atoms with E-state index in [2.05, 4.69) is 4.72 Å². The van der Waals surface area contributed by atoms with Gasteiger partial charge in [0.05, 0.1) is 4.90 Å². The summed E-state index contributed by atoms with van der Waals surface area (Å²) in [6.07, 6.45) is 0.132. The third-order valence-electron chi connectivity index (χ3n) is 5.80. The molecule has 1 amide bonds. The van der Waals surface area contributed by atoms with Crippen LogP contribution in [0.3, 0.4) is 0 Å². The van der Waals surface area contributed by atoms with E-state index < -0.39 is 16.1 Å². The maximum absolute atomic E-state index is 13.1. The zero-order valence-electron chi connectivity index (χ0n) is 17.3. The molecule has 8 heteroatoms. The fourth-order valence-corrected chi connectivity index (χ4v) is 5.49. The first-order chi connectivity index (χ1) is 15.4. The van der Waals surface area contributed by atoms with Gasteiger partial charge in [0.15, 0.2) is 0 Å². The number of likely N-dealkylation sites (tertiary alicyclic amines) is 1. The molecule has 5 rings (SSSR count). The Kier molecular flexibility index (Phi) is 5.21. The lowest BCUT2D eigenvalue weighted by Gasteiger charge is -2.18. The van der Waals surface area contributed by atoms with E-state index in [0.717, 1.165) is 21.9 Å². The van der Waals surface area contributed by atoms with E-state index in [1.807, 2.05) is 48.5 Å². The summed E-state index contributed by atoms with van der Waals surface area (Å²) < 4.78 is 34.6. The zero-order chi connectivity index (χ0) is 22.3. The van der Waals surface area contributed by atoms with Crippen molar-refractivity contribution in [2.45, 2.75) is 30.4 Å². The van der Waals surface area contributed by atoms with Crippen molar-refractivity contribution in [3.63, 3.8) is 0 Å². The minimum atomic E-state index is -3.80. The number of benzene rings is 3. The zero-order valence-corrected chi connectivity index (χ0v) is 18.1. The van der Waals surface area contributed by atoms with E-state index in [4.69, 9.17) is 10.2 Å². The second kappa shape index (κ2) is 8.05. The maximum Gasteiger partial charge on any atom is 0.240 e. The molecule has 0 saturated carbocycles. The van der Waals surface area contributed by atoms with Crippen LogP contribution in [0.2, 0.25) is 0 Å². The monoisotopic (exact) mass is 449 g/mol. The van der Waals surface area contributed by atoms with Crippen LogP contribution < -0.4 is 10.5 Å². The standard InChI is InChI=1S/C24H23N3O4S/c25-13-16-4-3-5-17(10-16)14-27-15-18(11-24(27)28)26-32(29,30)19-8-9-23-21(12-19)20-6-1-2-7-22(20)31-23/h1-10,12,18,26H,11,13-15,25H2/t18-/m0/s1. The molecule has 1 aromatic heterocycles. The molecule has 0 spiro atoms. The average molecular weight is 450 g/mol. The van der Waals surface area contributed by atoms with Crippen molar-refractivity contribution in [1.82, 2.24) is 9.62 Å². The Morgan fingerprint density at radius 2 is 1.75 bits per heavy atom. The molecular weight excluding hydrogens is 426 g/mol. The van der Waals surface area contributed by atoms with Crippen molar-refractivity contribution in [2.24, 2.45) is 5.73 Å². The Labute approximate surface area is 185 Å². The summed E-state index contributed by atoms with van der Waals surface area (Å²) in [5.41, 5.74) is 9.00. The highest BCUT2D eigenvalue weighted by molar-refractivity contribution is 7.89. The summed E-state index contributed by atoms with van der Waals surface area (Å²) in [5.74, 6) is -0.0767. The molecule has 32 heavy (non-hydrogen) atoms. The normalized spacial score (nSPS) is 17.0. The van der Waals surface area contributed by atoms with Crippen LogP contribution in [0.4, 0.5) is 0 Å². The van der Waals surface area contributed by atoms with Crippen molar-refractivity contribution < 1.29 is 17.6 Å². The number of rotatable bonds is 6. The van der Waals surface area contributed by atoms with Crippen LogP contribution in [0.1, 0.15) is 17.5 Å². The predicted octanol–water partition coefficient (Wildman–Crippen LogP) is 3.12. The first-order valence-corrected chi connectivity index (χ1v) is 11.9. The smallest absolute Gasteiger partial charge is 0.240 e. The van der Waals surface area contributed by atoms with Gasteiger partial charge in [-0.05, 0) is 35.4 Å². The number of para-hydroxylation sites is 1. The summed E-state index contributed by atoms with van der Waals surface area (Å²) in [7, 11) is -3.80. The molecule has 1 aliphatic heterocycles. The van der Waals surface area contributed by atoms with Gasteiger partial charge in [0, 0.05) is 42.9 Å². The Morgan fingerprint density at radius 3 is 2.59 bits per heavy atom. The van der Waals surface area contributed by atoms with Gasteiger partial charge in [-0.3, -0.25) is 4.79 Å². The van der Waals surface area contributed by atoms with Gasteiger partial charge in [-0.15, -0.1) is 0 Å². The molecular formula is C24H23N3O4S. The maximum atomic E-state index is 13.1. The number of sulfonamides is 1. The number of amides is 1. The van der Waals surface area contributed by atoms with Gasteiger partial charge in [0.25, 0.3) is 0 Å². The molecule has 1 aliphatic rings. The molecule has 0 unspecified atom stereocenters. The largest absolute Gasteiger partial charge is 0.456 e. The molecule has 0 bridgehead atoms. The highest BCUT2D eigenvalue weighted by atomic mass is 32.2. The van der Waals surface area contributed by atoms with Crippen LogP contribution in [0.5, 0.6) is 0 Å². The van der Waals surface area contributed by atoms with Crippen LogP contribution >= 0.6 is 0 Å². The second-order valence-corrected chi connectivity index (χ2v) is 9.79. The number of furan rings is 1. The molecule has 1 atom stereocenters. The number of carbonyl (C=O) groups excluding carboxylic acids is 1. The SMILES string of the molecule is NCc1cccc(CN2C[C@@H](NS(=O)(=O)c3ccc4oc5ccccc5c4c3)CC2=O)c1. The molecule has 4 aromatic rings. The van der Waals surface area contributed by atoms with Gasteiger partial charge in [0.2, 0.25) is 15.9 Å². The fourth-order valence-electron chi connectivity index (χ4n) is 4.24. The van der Waals surface area contributed by atoms with Gasteiger partial charge in [-0.25, -0.2) is 13.1 Å². The number of hydrogen-bond acceptors (Lipinski definition) is 5. The fraction of sp³-hybridized carbons (Fsp3) is 0.208. The molecule has 2 heterocycles. The molecule has 164 valence electrons. The van der Waals surface area contributed by atoms with Crippen molar-refractivity contribution >= 4 is 37.9 Å². The minimum Gasteiger partial charge on any atom is -0.456 e. The van der Waals surface area contributed by atoms with E-state index >= 15 is 0 Å². The van der Waals surface area contributed by atoms with E-state index in [1.54, 1.807) is 17.0 Å². The highest BCUT2D eigenvalue weighted by Gasteiger charge is 2.33. The predicted molar refractivity (Wildman–Crippen MR) is 122 cm³/mol. The second-order valence-electron chi connectivity index (χ2n) is 8.08. The van der Waals surface area contributed by atoms with Crippen LogP contribution in [0, 0.1) is 0 Å². The summed E-state index contributed by atoms with van der Waals surface area (Å²) in [5, 5.41) is 1.61. The van der Waals surface area contributed by atoms with E-state index in [1.165, 1.54) is 6.07 Å². The number of hydrogen-bond donors (Lipinski definition) is 2. The summed E-state index contributed by atoms with van der Waals surface area (Å²) in [6.45, 7) is 1.18. The number of nitrogens with two attached hydrogens (primary N) is 1. The topological polar surface area (TPSA) is 106 Å². The Balaban J connectivity index is 1.34. The van der Waals surface area contributed by atoms with Gasteiger partial charge in [-0.2, -0.15) is 0 Å². The molecule has 0 radical (unpaired) electrons. The van der Waals surface area contributed by atoms with Crippen LogP contribution in [-0.4, -0.2) is 31.8 Å². The molecule has 7 nitrogen and oxygen atoms in total. The van der Waals surface area contributed by atoms with E-state index in [9.17, 15) is 13.2 Å². The number of nitrogens with one attached hydrogen (secondary N) is 1. The Hall–Kier alpha value is -3.20. The summed E-state index contributed by atoms with van der Waals surface area (Å²) in [6, 6.07) is 19.6. The van der Waals surface area contributed by atoms with Gasteiger partial charge >= 0.3 is 0 Å². The van der Waals surface area contributed by atoms with E-state index in [-0.39, 0.29) is 17.2 Å². The van der Waals surface area contributed by atoms with E-state index in [0.29, 0.717) is 30.8 Å². The molecule has 1 saturated heterocycles. The molecule has 1 fully saturated rings. The Bertz CT molecular complexity index is 1430. The van der Waals surface area contributed by atoms with Crippen molar-refractivity contribution in [2.75, 3.05) is 6.54 Å². The summed E-state index contributed by atoms with van der Waals surface area (Å²) in [4.78, 5) is 14.3. The van der Waals surface area contributed by atoms with Crippen LogP contribution in [0.15, 0.2) is 76.0 Å². The lowest BCUT2D eigenvalue weighted by Crippen LogP contribution is -2.37. The quantitative estimate of drug-likeness (QED) is 0.471. The van der Waals surface area contributed by atoms with Crippen molar-refractivity contribution in [1.29, 1.82) is 0 Å². The molecule has 3 N–H and O–H groups in total. The number of carbonyl (C=O) groups is 1. The Morgan fingerprint density at radius 1 is 0.969 bits per heavy atom. The highest BCUT2D eigenvalue weighted by Crippen LogP contribution is 2.30. The minimum absolute atomic E-state index is 0.0767. The molecule has 3 aromatic carbocycles. The average Bonchev–Trinajstić information content (AvgIpc) is 3.32. The third kappa shape index (κ3) is 3.88. The van der Waals surface area contributed by atoms with Crippen molar-refractivity contribution in [3.8, 4) is 0 Å².